The minimum atomic E-state index is 0.611. The first-order valence-corrected chi connectivity index (χ1v) is 8.98. The minimum absolute atomic E-state index is 0.611. The molecule has 2 rings (SSSR count). The fraction of sp³-hybridized carbons (Fsp3) is 0.333. The zero-order chi connectivity index (χ0) is 15.2. The van der Waals surface area contributed by atoms with Gasteiger partial charge in [-0.15, -0.1) is 11.3 Å². The highest BCUT2D eigenvalue weighted by molar-refractivity contribution is 9.11. The van der Waals surface area contributed by atoms with E-state index in [-0.39, 0.29) is 0 Å². The van der Waals surface area contributed by atoms with Crippen molar-refractivity contribution in [3.8, 4) is 11.5 Å². The molecule has 114 valence electrons. The predicted molar refractivity (Wildman–Crippen MR) is 94.4 cm³/mol. The highest BCUT2D eigenvalue weighted by atomic mass is 79.9. The molecule has 0 bridgehead atoms. The van der Waals surface area contributed by atoms with Crippen LogP contribution in [0.2, 0.25) is 0 Å². The summed E-state index contributed by atoms with van der Waals surface area (Å²) in [6, 6.07) is 8.26. The number of ether oxygens (including phenoxy) is 2. The van der Waals surface area contributed by atoms with Crippen molar-refractivity contribution >= 4 is 43.2 Å². The molecule has 0 aliphatic carbocycles. The zero-order valence-corrected chi connectivity index (χ0v) is 15.9. The minimum Gasteiger partial charge on any atom is -0.493 e. The molecule has 2 aromatic rings. The van der Waals surface area contributed by atoms with Gasteiger partial charge >= 0.3 is 0 Å². The monoisotopic (exact) mass is 433 g/mol. The van der Waals surface area contributed by atoms with Gasteiger partial charge in [0.15, 0.2) is 11.5 Å². The van der Waals surface area contributed by atoms with Crippen molar-refractivity contribution in [3.63, 3.8) is 0 Å². The number of hydrogen-bond donors (Lipinski definition) is 1. The largest absolute Gasteiger partial charge is 0.493 e. The molecule has 0 saturated heterocycles. The van der Waals surface area contributed by atoms with E-state index in [0.29, 0.717) is 6.61 Å². The standard InChI is InChI=1S/C15H17Br2NO2S/c1-3-20-15-12(16)6-10(7-13(15)19-2)8-18-9-11-4-5-14(17)21-11/h4-7,18H,3,8-9H2,1-2H3. The molecule has 1 heterocycles. The predicted octanol–water partition coefficient (Wildman–Crippen LogP) is 4.97. The van der Waals surface area contributed by atoms with E-state index in [4.69, 9.17) is 9.47 Å². The Balaban J connectivity index is 2.01. The summed E-state index contributed by atoms with van der Waals surface area (Å²) in [7, 11) is 1.66. The Hall–Kier alpha value is -0.560. The maximum Gasteiger partial charge on any atom is 0.175 e. The molecular formula is C15H17Br2NO2S. The topological polar surface area (TPSA) is 30.5 Å². The van der Waals surface area contributed by atoms with E-state index in [2.05, 4.69) is 55.4 Å². The smallest absolute Gasteiger partial charge is 0.175 e. The Morgan fingerprint density at radius 1 is 1.19 bits per heavy atom. The summed E-state index contributed by atoms with van der Waals surface area (Å²) in [5.74, 6) is 1.51. The van der Waals surface area contributed by atoms with E-state index in [1.807, 2.05) is 13.0 Å². The van der Waals surface area contributed by atoms with E-state index in [0.717, 1.165) is 38.4 Å². The molecule has 0 aliphatic heterocycles. The summed E-state index contributed by atoms with van der Waals surface area (Å²) in [6.45, 7) is 4.20. The summed E-state index contributed by atoms with van der Waals surface area (Å²) in [5, 5.41) is 3.43. The molecular weight excluding hydrogens is 418 g/mol. The summed E-state index contributed by atoms with van der Waals surface area (Å²) < 4.78 is 13.1. The summed E-state index contributed by atoms with van der Waals surface area (Å²) >= 11 is 8.76. The fourth-order valence-corrected chi connectivity index (χ4v) is 3.99. The van der Waals surface area contributed by atoms with Crippen LogP contribution in [-0.4, -0.2) is 13.7 Å². The molecule has 1 N–H and O–H groups in total. The second-order valence-corrected chi connectivity index (χ2v) is 7.75. The van der Waals surface area contributed by atoms with Crippen LogP contribution in [-0.2, 0) is 13.1 Å². The molecule has 0 atom stereocenters. The van der Waals surface area contributed by atoms with Crippen LogP contribution in [0, 0.1) is 0 Å². The van der Waals surface area contributed by atoms with Gasteiger partial charge in [-0.3, -0.25) is 0 Å². The molecule has 6 heteroatoms. The van der Waals surface area contributed by atoms with Crippen LogP contribution in [0.25, 0.3) is 0 Å². The quantitative estimate of drug-likeness (QED) is 0.667. The first-order valence-electron chi connectivity index (χ1n) is 6.58. The van der Waals surface area contributed by atoms with Gasteiger partial charge in [-0.05, 0) is 68.6 Å². The van der Waals surface area contributed by atoms with Gasteiger partial charge in [0.2, 0.25) is 0 Å². The van der Waals surface area contributed by atoms with Crippen LogP contribution in [0.4, 0.5) is 0 Å². The average Bonchev–Trinajstić information content (AvgIpc) is 2.87. The molecule has 1 aromatic heterocycles. The van der Waals surface area contributed by atoms with Gasteiger partial charge in [0.1, 0.15) is 0 Å². The molecule has 0 amide bonds. The lowest BCUT2D eigenvalue weighted by Crippen LogP contribution is -2.12. The molecule has 0 spiro atoms. The van der Waals surface area contributed by atoms with Crippen LogP contribution in [0.5, 0.6) is 11.5 Å². The van der Waals surface area contributed by atoms with Gasteiger partial charge in [0.05, 0.1) is 22.0 Å². The summed E-state index contributed by atoms with van der Waals surface area (Å²) in [5.41, 5.74) is 1.15. The van der Waals surface area contributed by atoms with E-state index in [1.165, 1.54) is 4.88 Å². The molecule has 0 radical (unpaired) electrons. The van der Waals surface area contributed by atoms with Crippen LogP contribution in [0.1, 0.15) is 17.4 Å². The van der Waals surface area contributed by atoms with Crippen LogP contribution in [0.15, 0.2) is 32.5 Å². The highest BCUT2D eigenvalue weighted by Crippen LogP contribution is 2.36. The lowest BCUT2D eigenvalue weighted by atomic mass is 10.2. The SMILES string of the molecule is CCOc1c(Br)cc(CNCc2ccc(Br)s2)cc1OC. The number of benzene rings is 1. The van der Waals surface area contributed by atoms with Crippen molar-refractivity contribution in [1.82, 2.24) is 5.32 Å². The van der Waals surface area contributed by atoms with Crippen molar-refractivity contribution in [2.45, 2.75) is 20.0 Å². The zero-order valence-electron chi connectivity index (χ0n) is 11.9. The Morgan fingerprint density at radius 3 is 2.62 bits per heavy atom. The van der Waals surface area contributed by atoms with Gasteiger partial charge in [0.25, 0.3) is 0 Å². The molecule has 21 heavy (non-hydrogen) atoms. The number of rotatable bonds is 7. The van der Waals surface area contributed by atoms with Crippen molar-refractivity contribution in [2.24, 2.45) is 0 Å². The molecule has 1 aromatic carbocycles. The second kappa shape index (κ2) is 8.17. The van der Waals surface area contributed by atoms with E-state index in [1.54, 1.807) is 18.4 Å². The third kappa shape index (κ3) is 4.71. The fourth-order valence-electron chi connectivity index (χ4n) is 1.94. The molecule has 3 nitrogen and oxygen atoms in total. The van der Waals surface area contributed by atoms with Crippen LogP contribution >= 0.6 is 43.2 Å². The van der Waals surface area contributed by atoms with Gasteiger partial charge in [-0.25, -0.2) is 0 Å². The van der Waals surface area contributed by atoms with E-state index < -0.39 is 0 Å². The number of methoxy groups -OCH3 is 1. The van der Waals surface area contributed by atoms with Gasteiger partial charge in [0, 0.05) is 18.0 Å². The summed E-state index contributed by atoms with van der Waals surface area (Å²) in [6.07, 6.45) is 0. The van der Waals surface area contributed by atoms with E-state index >= 15 is 0 Å². The molecule has 0 aliphatic rings. The average molecular weight is 435 g/mol. The lowest BCUT2D eigenvalue weighted by molar-refractivity contribution is 0.308. The number of halogens is 2. The van der Waals surface area contributed by atoms with Gasteiger partial charge in [-0.1, -0.05) is 0 Å². The molecule has 0 saturated carbocycles. The van der Waals surface area contributed by atoms with Crippen molar-refractivity contribution < 1.29 is 9.47 Å². The third-order valence-corrected chi connectivity index (χ3v) is 5.05. The number of thiophene rings is 1. The van der Waals surface area contributed by atoms with Crippen LogP contribution in [0.3, 0.4) is 0 Å². The van der Waals surface area contributed by atoms with Gasteiger partial charge in [-0.2, -0.15) is 0 Å². The normalized spacial score (nSPS) is 10.7. The number of nitrogens with one attached hydrogen (secondary N) is 1. The number of hydrogen-bond acceptors (Lipinski definition) is 4. The van der Waals surface area contributed by atoms with Crippen LogP contribution < -0.4 is 14.8 Å². The Kier molecular flexibility index (Phi) is 6.54. The maximum absolute atomic E-state index is 5.59. The van der Waals surface area contributed by atoms with Crippen molar-refractivity contribution in [2.75, 3.05) is 13.7 Å². The molecule has 0 fully saturated rings. The third-order valence-electron chi connectivity index (χ3n) is 2.84. The van der Waals surface area contributed by atoms with Crippen molar-refractivity contribution in [3.05, 3.63) is 43.0 Å². The first-order chi connectivity index (χ1) is 10.1. The molecule has 0 unspecified atom stereocenters. The first kappa shape index (κ1) is 16.8. The summed E-state index contributed by atoms with van der Waals surface area (Å²) in [4.78, 5) is 1.30. The lowest BCUT2D eigenvalue weighted by Gasteiger charge is -2.13. The Bertz CT molecular complexity index is 601. The highest BCUT2D eigenvalue weighted by Gasteiger charge is 2.11. The van der Waals surface area contributed by atoms with E-state index in [9.17, 15) is 0 Å². The maximum atomic E-state index is 5.59. The van der Waals surface area contributed by atoms with Crippen molar-refractivity contribution in [1.29, 1.82) is 0 Å². The Labute approximate surface area is 145 Å². The Morgan fingerprint density at radius 2 is 2.00 bits per heavy atom. The second-order valence-electron chi connectivity index (χ2n) is 4.35. The van der Waals surface area contributed by atoms with Gasteiger partial charge < -0.3 is 14.8 Å².